The second kappa shape index (κ2) is 10.4. The lowest BCUT2D eigenvalue weighted by molar-refractivity contribution is 0.00533. The fraction of sp³-hybridized carbons (Fsp3) is 0.696. The molecule has 3 saturated heterocycles. The molecule has 3 fully saturated rings. The van der Waals surface area contributed by atoms with Gasteiger partial charge in [-0.25, -0.2) is 0 Å². The highest BCUT2D eigenvalue weighted by Crippen LogP contribution is 2.34. The van der Waals surface area contributed by atoms with Crippen LogP contribution in [-0.2, 0) is 16.0 Å². The van der Waals surface area contributed by atoms with Crippen LogP contribution in [0.5, 0.6) is 0 Å². The van der Waals surface area contributed by atoms with Crippen molar-refractivity contribution in [1.82, 2.24) is 15.5 Å². The maximum absolute atomic E-state index is 6.12. The molecule has 6 heteroatoms. The number of aliphatic imine (C=N–C) groups is 1. The Kier molecular flexibility index (Phi) is 7.41. The molecular weight excluding hydrogens is 364 g/mol. The van der Waals surface area contributed by atoms with E-state index in [1.165, 1.54) is 18.4 Å². The van der Waals surface area contributed by atoms with E-state index in [4.69, 9.17) is 9.47 Å². The summed E-state index contributed by atoms with van der Waals surface area (Å²) in [5.41, 5.74) is 1.40. The van der Waals surface area contributed by atoms with Gasteiger partial charge in [0.1, 0.15) is 0 Å². The number of benzene rings is 1. The van der Waals surface area contributed by atoms with Crippen molar-refractivity contribution < 1.29 is 9.47 Å². The molecule has 2 bridgehead atoms. The highest BCUT2D eigenvalue weighted by atomic mass is 16.5. The van der Waals surface area contributed by atoms with E-state index in [9.17, 15) is 0 Å². The van der Waals surface area contributed by atoms with E-state index in [1.54, 1.807) is 0 Å². The van der Waals surface area contributed by atoms with Crippen LogP contribution in [0.25, 0.3) is 0 Å². The number of hydrogen-bond donors (Lipinski definition) is 2. The lowest BCUT2D eigenvalue weighted by atomic mass is 9.96. The van der Waals surface area contributed by atoms with Crippen LogP contribution in [0.1, 0.15) is 44.1 Å². The third-order valence-electron chi connectivity index (χ3n) is 6.40. The van der Waals surface area contributed by atoms with Crippen molar-refractivity contribution >= 4 is 5.96 Å². The smallest absolute Gasteiger partial charge is 0.191 e. The van der Waals surface area contributed by atoms with Gasteiger partial charge in [-0.2, -0.15) is 0 Å². The van der Waals surface area contributed by atoms with Crippen molar-refractivity contribution in [1.29, 1.82) is 0 Å². The second-order valence-corrected chi connectivity index (χ2v) is 8.54. The molecule has 3 heterocycles. The van der Waals surface area contributed by atoms with Crippen LogP contribution in [0.2, 0.25) is 0 Å². The number of piperidine rings is 1. The van der Waals surface area contributed by atoms with Crippen LogP contribution in [0.15, 0.2) is 35.3 Å². The molecule has 0 saturated carbocycles. The van der Waals surface area contributed by atoms with Gasteiger partial charge >= 0.3 is 0 Å². The normalized spacial score (nSPS) is 28.0. The second-order valence-electron chi connectivity index (χ2n) is 8.54. The van der Waals surface area contributed by atoms with Gasteiger partial charge in [0.15, 0.2) is 5.96 Å². The first-order valence-electron chi connectivity index (χ1n) is 11.3. The fourth-order valence-corrected chi connectivity index (χ4v) is 4.76. The van der Waals surface area contributed by atoms with Crippen molar-refractivity contribution in [2.24, 2.45) is 4.99 Å². The maximum Gasteiger partial charge on any atom is 0.191 e. The van der Waals surface area contributed by atoms with Crippen molar-refractivity contribution in [3.8, 4) is 0 Å². The summed E-state index contributed by atoms with van der Waals surface area (Å²) in [6.07, 6.45) is 8.01. The molecule has 4 rings (SSSR count). The summed E-state index contributed by atoms with van der Waals surface area (Å²) < 4.78 is 12.0. The molecule has 0 aliphatic carbocycles. The SMILES string of the molecule is CN=C(NCCCOC1CCN(Cc2ccccc2)CC1)NC1CC2CCC1O2. The van der Waals surface area contributed by atoms with Crippen molar-refractivity contribution in [3.05, 3.63) is 35.9 Å². The van der Waals surface area contributed by atoms with Gasteiger partial charge in [0.05, 0.1) is 24.4 Å². The Morgan fingerprint density at radius 1 is 1.17 bits per heavy atom. The quantitative estimate of drug-likeness (QED) is 0.399. The lowest BCUT2D eigenvalue weighted by Gasteiger charge is -2.32. The topological polar surface area (TPSA) is 58.1 Å². The van der Waals surface area contributed by atoms with Crippen LogP contribution in [-0.4, -0.2) is 68.5 Å². The van der Waals surface area contributed by atoms with Crippen LogP contribution in [0, 0.1) is 0 Å². The summed E-state index contributed by atoms with van der Waals surface area (Å²) in [5.74, 6) is 0.889. The lowest BCUT2D eigenvalue weighted by Crippen LogP contribution is -2.47. The Hall–Kier alpha value is -1.63. The number of ether oxygens (including phenoxy) is 2. The van der Waals surface area contributed by atoms with Crippen molar-refractivity contribution in [3.63, 3.8) is 0 Å². The Labute approximate surface area is 175 Å². The minimum Gasteiger partial charge on any atom is -0.378 e. The fourth-order valence-electron chi connectivity index (χ4n) is 4.76. The predicted octanol–water partition coefficient (Wildman–Crippen LogP) is 2.54. The number of rotatable bonds is 8. The molecule has 0 aromatic heterocycles. The predicted molar refractivity (Wildman–Crippen MR) is 116 cm³/mol. The zero-order valence-corrected chi connectivity index (χ0v) is 17.7. The minimum absolute atomic E-state index is 0.370. The standard InChI is InChI=1S/C23H36N4O2/c1-24-23(26-21-16-20-8-9-22(21)29-20)25-12-5-15-28-19-10-13-27(14-11-19)17-18-6-3-2-4-7-18/h2-4,6-7,19-22H,5,8-17H2,1H3,(H2,24,25,26). The Morgan fingerprint density at radius 3 is 2.69 bits per heavy atom. The van der Waals surface area contributed by atoms with E-state index in [1.807, 2.05) is 7.05 Å². The van der Waals surface area contributed by atoms with E-state index in [0.29, 0.717) is 24.4 Å². The molecule has 0 spiro atoms. The molecular formula is C23H36N4O2. The van der Waals surface area contributed by atoms with Crippen LogP contribution in [0.3, 0.4) is 0 Å². The first-order chi connectivity index (χ1) is 14.3. The van der Waals surface area contributed by atoms with Crippen LogP contribution < -0.4 is 10.6 Å². The number of guanidine groups is 1. The first kappa shape index (κ1) is 20.6. The van der Waals surface area contributed by atoms with E-state index in [-0.39, 0.29) is 0 Å². The molecule has 3 aliphatic heterocycles. The molecule has 1 aromatic rings. The van der Waals surface area contributed by atoms with Gasteiger partial charge in [0, 0.05) is 39.8 Å². The Balaban J connectivity index is 1.05. The Bertz CT molecular complexity index is 646. The maximum atomic E-state index is 6.12. The number of fused-ring (bicyclic) bond motifs is 2. The summed E-state index contributed by atoms with van der Waals surface area (Å²) in [6.45, 7) is 5.00. The van der Waals surface area contributed by atoms with Gasteiger partial charge in [0.25, 0.3) is 0 Å². The van der Waals surface area contributed by atoms with Gasteiger partial charge < -0.3 is 20.1 Å². The largest absolute Gasteiger partial charge is 0.378 e. The van der Waals surface area contributed by atoms with Gasteiger partial charge in [-0.05, 0) is 44.1 Å². The van der Waals surface area contributed by atoms with Gasteiger partial charge in [-0.1, -0.05) is 30.3 Å². The van der Waals surface area contributed by atoms with E-state index in [2.05, 4.69) is 50.9 Å². The highest BCUT2D eigenvalue weighted by molar-refractivity contribution is 5.80. The zero-order valence-electron chi connectivity index (χ0n) is 17.7. The van der Waals surface area contributed by atoms with E-state index in [0.717, 1.165) is 64.4 Å². The average Bonchev–Trinajstić information content (AvgIpc) is 3.38. The van der Waals surface area contributed by atoms with Crippen LogP contribution in [0.4, 0.5) is 0 Å². The Morgan fingerprint density at radius 2 is 2.00 bits per heavy atom. The molecule has 2 N–H and O–H groups in total. The summed E-state index contributed by atoms with van der Waals surface area (Å²) >= 11 is 0. The number of likely N-dealkylation sites (tertiary alicyclic amines) is 1. The first-order valence-corrected chi connectivity index (χ1v) is 11.3. The van der Waals surface area contributed by atoms with E-state index >= 15 is 0 Å². The van der Waals surface area contributed by atoms with Gasteiger partial charge in [0.2, 0.25) is 0 Å². The molecule has 3 atom stereocenters. The summed E-state index contributed by atoms with van der Waals surface area (Å²) in [5, 5.41) is 6.95. The highest BCUT2D eigenvalue weighted by Gasteiger charge is 2.41. The molecule has 3 aliphatic rings. The molecule has 1 aromatic carbocycles. The molecule has 29 heavy (non-hydrogen) atoms. The zero-order chi connectivity index (χ0) is 19.9. The van der Waals surface area contributed by atoms with Crippen molar-refractivity contribution in [2.75, 3.05) is 33.3 Å². The summed E-state index contributed by atoms with van der Waals surface area (Å²) in [6, 6.07) is 11.2. The molecule has 6 nitrogen and oxygen atoms in total. The van der Waals surface area contributed by atoms with Gasteiger partial charge in [-0.3, -0.25) is 9.89 Å². The summed E-state index contributed by atoms with van der Waals surface area (Å²) in [4.78, 5) is 6.89. The molecule has 3 unspecified atom stereocenters. The number of nitrogens with one attached hydrogen (secondary N) is 2. The third kappa shape index (κ3) is 5.93. The summed E-state index contributed by atoms with van der Waals surface area (Å²) in [7, 11) is 1.84. The van der Waals surface area contributed by atoms with Crippen LogP contribution >= 0.6 is 0 Å². The number of nitrogens with zero attached hydrogens (tertiary/aromatic N) is 2. The minimum atomic E-state index is 0.370. The third-order valence-corrected chi connectivity index (χ3v) is 6.40. The molecule has 0 amide bonds. The van der Waals surface area contributed by atoms with Gasteiger partial charge in [-0.15, -0.1) is 0 Å². The van der Waals surface area contributed by atoms with Crippen molar-refractivity contribution in [2.45, 2.75) is 69.4 Å². The molecule has 160 valence electrons. The van der Waals surface area contributed by atoms with E-state index < -0.39 is 0 Å². The average molecular weight is 401 g/mol. The molecule has 0 radical (unpaired) electrons. The number of hydrogen-bond acceptors (Lipinski definition) is 4. The monoisotopic (exact) mass is 400 g/mol.